The van der Waals surface area contributed by atoms with E-state index in [1.165, 1.54) is 32.5 Å². The molecule has 1 aromatic rings. The van der Waals surface area contributed by atoms with Crippen LogP contribution in [0.3, 0.4) is 0 Å². The fourth-order valence-corrected chi connectivity index (χ4v) is 2.44. The first kappa shape index (κ1) is 13.1. The highest BCUT2D eigenvalue weighted by Crippen LogP contribution is 2.14. The fraction of sp³-hybridized carbons (Fsp3) is 0.643. The Morgan fingerprint density at radius 2 is 2.00 bits per heavy atom. The van der Waals surface area contributed by atoms with Crippen molar-refractivity contribution in [1.82, 2.24) is 9.88 Å². The van der Waals surface area contributed by atoms with Gasteiger partial charge in [-0.3, -0.25) is 4.98 Å². The van der Waals surface area contributed by atoms with E-state index in [2.05, 4.69) is 33.5 Å². The minimum absolute atomic E-state index is 0.668. The molecule has 1 atom stereocenters. The van der Waals surface area contributed by atoms with Crippen molar-refractivity contribution in [2.45, 2.75) is 19.8 Å². The highest BCUT2D eigenvalue weighted by Gasteiger charge is 2.14. The Morgan fingerprint density at radius 3 is 2.72 bits per heavy atom. The van der Waals surface area contributed by atoms with E-state index in [1.54, 1.807) is 0 Å². The van der Waals surface area contributed by atoms with Crippen LogP contribution >= 0.6 is 0 Å². The topological polar surface area (TPSA) is 40.2 Å². The van der Waals surface area contributed by atoms with Crippen LogP contribution in [0, 0.1) is 5.92 Å². The molecular formula is C14H24N4. The number of hydrogen-bond acceptors (Lipinski definition) is 4. The Balaban J connectivity index is 1.75. The molecule has 2 N–H and O–H groups in total. The molecule has 4 nitrogen and oxygen atoms in total. The molecule has 100 valence electrons. The lowest BCUT2D eigenvalue weighted by atomic mass is 10.1. The second-order valence-corrected chi connectivity index (χ2v) is 5.21. The molecule has 1 aliphatic rings. The summed E-state index contributed by atoms with van der Waals surface area (Å²) in [5, 5.41) is 6.57. The van der Waals surface area contributed by atoms with Gasteiger partial charge in [0, 0.05) is 20.1 Å². The average molecular weight is 248 g/mol. The highest BCUT2D eigenvalue weighted by molar-refractivity contribution is 5.53. The van der Waals surface area contributed by atoms with Crippen LogP contribution in [0.15, 0.2) is 18.5 Å². The van der Waals surface area contributed by atoms with Gasteiger partial charge >= 0.3 is 0 Å². The smallest absolute Gasteiger partial charge is 0.0547 e. The molecule has 0 spiro atoms. The molecule has 1 aliphatic heterocycles. The third kappa shape index (κ3) is 3.88. The lowest BCUT2D eigenvalue weighted by Crippen LogP contribution is -2.28. The third-order valence-electron chi connectivity index (χ3n) is 3.45. The predicted octanol–water partition coefficient (Wildman–Crippen LogP) is 2.27. The van der Waals surface area contributed by atoms with Crippen LogP contribution in [0.25, 0.3) is 0 Å². The fourth-order valence-electron chi connectivity index (χ4n) is 2.44. The van der Waals surface area contributed by atoms with Gasteiger partial charge in [-0.2, -0.15) is 0 Å². The maximum absolute atomic E-state index is 4.20. The summed E-state index contributed by atoms with van der Waals surface area (Å²) < 4.78 is 0. The minimum atomic E-state index is 0.668. The molecule has 0 saturated carbocycles. The Kier molecular flexibility index (Phi) is 4.81. The van der Waals surface area contributed by atoms with E-state index in [1.807, 2.05) is 19.4 Å². The van der Waals surface area contributed by atoms with E-state index in [4.69, 9.17) is 0 Å². The molecule has 1 aromatic heterocycles. The van der Waals surface area contributed by atoms with Crippen molar-refractivity contribution in [2.75, 3.05) is 43.9 Å². The first-order valence-electron chi connectivity index (χ1n) is 6.87. The van der Waals surface area contributed by atoms with Crippen LogP contribution < -0.4 is 10.6 Å². The lowest BCUT2D eigenvalue weighted by Gasteiger charge is -2.20. The van der Waals surface area contributed by atoms with E-state index in [9.17, 15) is 0 Å². The van der Waals surface area contributed by atoms with Gasteiger partial charge in [-0.1, -0.05) is 6.92 Å². The van der Waals surface area contributed by atoms with E-state index in [0.717, 1.165) is 17.9 Å². The molecule has 0 radical (unpaired) electrons. The number of nitrogens with one attached hydrogen (secondary N) is 2. The quantitative estimate of drug-likeness (QED) is 0.810. The first-order valence-corrected chi connectivity index (χ1v) is 6.87. The Bertz CT molecular complexity index is 361. The number of nitrogens with zero attached hydrogens (tertiary/aromatic N) is 2. The monoisotopic (exact) mass is 248 g/mol. The van der Waals surface area contributed by atoms with Crippen molar-refractivity contribution < 1.29 is 0 Å². The van der Waals surface area contributed by atoms with Crippen molar-refractivity contribution in [3.05, 3.63) is 18.5 Å². The Morgan fingerprint density at radius 1 is 1.28 bits per heavy atom. The largest absolute Gasteiger partial charge is 0.387 e. The average Bonchev–Trinajstić information content (AvgIpc) is 2.89. The molecule has 2 heterocycles. The summed E-state index contributed by atoms with van der Waals surface area (Å²) in [6, 6.07) is 2.09. The van der Waals surface area contributed by atoms with Gasteiger partial charge in [0.05, 0.1) is 23.8 Å². The second-order valence-electron chi connectivity index (χ2n) is 5.21. The van der Waals surface area contributed by atoms with Gasteiger partial charge < -0.3 is 15.5 Å². The molecular weight excluding hydrogens is 224 g/mol. The predicted molar refractivity (Wildman–Crippen MR) is 77.1 cm³/mol. The van der Waals surface area contributed by atoms with Crippen LogP contribution in [0.1, 0.15) is 19.8 Å². The molecule has 0 amide bonds. The van der Waals surface area contributed by atoms with Gasteiger partial charge in [0.25, 0.3) is 0 Å². The number of hydrogen-bond donors (Lipinski definition) is 2. The summed E-state index contributed by atoms with van der Waals surface area (Å²) in [7, 11) is 1.91. The molecule has 18 heavy (non-hydrogen) atoms. The van der Waals surface area contributed by atoms with Gasteiger partial charge in [0.2, 0.25) is 0 Å². The summed E-state index contributed by atoms with van der Waals surface area (Å²) in [6.45, 7) is 7.07. The number of pyridine rings is 1. The van der Waals surface area contributed by atoms with Crippen LogP contribution in [-0.4, -0.2) is 43.1 Å². The zero-order valence-electron chi connectivity index (χ0n) is 11.4. The van der Waals surface area contributed by atoms with Crippen LogP contribution in [0.4, 0.5) is 11.4 Å². The van der Waals surface area contributed by atoms with Gasteiger partial charge in [0.1, 0.15) is 0 Å². The molecule has 0 aromatic carbocycles. The number of rotatable bonds is 6. The summed E-state index contributed by atoms with van der Waals surface area (Å²) >= 11 is 0. The Hall–Kier alpha value is -1.29. The van der Waals surface area contributed by atoms with Crippen molar-refractivity contribution in [2.24, 2.45) is 5.92 Å². The van der Waals surface area contributed by atoms with Crippen molar-refractivity contribution in [3.63, 3.8) is 0 Å². The number of aromatic nitrogens is 1. The van der Waals surface area contributed by atoms with Gasteiger partial charge in [-0.25, -0.2) is 0 Å². The minimum Gasteiger partial charge on any atom is -0.387 e. The van der Waals surface area contributed by atoms with Crippen molar-refractivity contribution >= 4 is 11.4 Å². The highest BCUT2D eigenvalue weighted by atomic mass is 15.1. The van der Waals surface area contributed by atoms with Gasteiger partial charge in [-0.15, -0.1) is 0 Å². The van der Waals surface area contributed by atoms with E-state index < -0.39 is 0 Å². The molecule has 0 aliphatic carbocycles. The SMILES string of the molecule is CNc1cncc(NCC(C)CN2CCCC2)c1. The maximum Gasteiger partial charge on any atom is 0.0547 e. The molecule has 1 fully saturated rings. The lowest BCUT2D eigenvalue weighted by molar-refractivity contribution is 0.294. The van der Waals surface area contributed by atoms with Gasteiger partial charge in [-0.05, 0) is 37.9 Å². The van der Waals surface area contributed by atoms with E-state index >= 15 is 0 Å². The van der Waals surface area contributed by atoms with Crippen LogP contribution in [-0.2, 0) is 0 Å². The second kappa shape index (κ2) is 6.59. The standard InChI is InChI=1S/C14H24N4/c1-12(11-18-5-3-4-6-18)8-17-14-7-13(15-2)9-16-10-14/h7,9-10,12,15,17H,3-6,8,11H2,1-2H3. The van der Waals surface area contributed by atoms with Crippen LogP contribution in [0.5, 0.6) is 0 Å². The molecule has 4 heteroatoms. The molecule has 2 rings (SSSR count). The van der Waals surface area contributed by atoms with Gasteiger partial charge in [0.15, 0.2) is 0 Å². The molecule has 1 unspecified atom stereocenters. The van der Waals surface area contributed by atoms with E-state index in [-0.39, 0.29) is 0 Å². The van der Waals surface area contributed by atoms with Crippen molar-refractivity contribution in [3.8, 4) is 0 Å². The summed E-state index contributed by atoms with van der Waals surface area (Å²) in [5.74, 6) is 0.668. The molecule has 1 saturated heterocycles. The summed E-state index contributed by atoms with van der Waals surface area (Å²) in [5.41, 5.74) is 2.14. The van der Waals surface area contributed by atoms with E-state index in [0.29, 0.717) is 5.92 Å². The van der Waals surface area contributed by atoms with Crippen LogP contribution in [0.2, 0.25) is 0 Å². The summed E-state index contributed by atoms with van der Waals surface area (Å²) in [6.07, 6.45) is 6.45. The normalized spacial score (nSPS) is 17.7. The number of anilines is 2. The first-order chi connectivity index (χ1) is 8.78. The zero-order valence-corrected chi connectivity index (χ0v) is 11.4. The zero-order chi connectivity index (χ0) is 12.8. The molecule has 0 bridgehead atoms. The third-order valence-corrected chi connectivity index (χ3v) is 3.45. The maximum atomic E-state index is 4.20. The Labute approximate surface area is 110 Å². The van der Waals surface area contributed by atoms with Crippen molar-refractivity contribution in [1.29, 1.82) is 0 Å². The summed E-state index contributed by atoms with van der Waals surface area (Å²) in [4.78, 5) is 6.77. The number of likely N-dealkylation sites (tertiary alicyclic amines) is 1.